The van der Waals surface area contributed by atoms with E-state index >= 15 is 0 Å². The van der Waals surface area contributed by atoms with E-state index in [1.165, 1.54) is 30.6 Å². The van der Waals surface area contributed by atoms with Gasteiger partial charge in [-0.2, -0.15) is 0 Å². The van der Waals surface area contributed by atoms with Crippen molar-refractivity contribution in [1.29, 1.82) is 0 Å². The molecule has 1 aliphatic rings. The number of hydrogen-bond donors (Lipinski definition) is 1. The first-order chi connectivity index (χ1) is 9.86. The quantitative estimate of drug-likeness (QED) is 0.816. The molecule has 0 spiro atoms. The molecule has 0 aliphatic heterocycles. The van der Waals surface area contributed by atoms with Crippen LogP contribution in [0, 0.1) is 5.92 Å². The topological polar surface area (TPSA) is 25.2 Å². The van der Waals surface area contributed by atoms with Crippen molar-refractivity contribution in [2.24, 2.45) is 5.92 Å². The van der Waals surface area contributed by atoms with Crippen molar-refractivity contribution in [2.75, 3.05) is 0 Å². The van der Waals surface area contributed by atoms with Gasteiger partial charge in [0.05, 0.1) is 6.54 Å². The molecule has 20 heavy (non-hydrogen) atoms. The minimum atomic E-state index is 0.493. The van der Waals surface area contributed by atoms with Crippen molar-refractivity contribution in [2.45, 2.75) is 51.6 Å². The first-order valence-electron chi connectivity index (χ1n) is 7.71. The fourth-order valence-electron chi connectivity index (χ4n) is 3.18. The molecule has 0 radical (unpaired) electrons. The van der Waals surface area contributed by atoms with Crippen LogP contribution in [0.4, 0.5) is 0 Å². The maximum Gasteiger partial charge on any atom is 0.117 e. The van der Waals surface area contributed by atoms with Gasteiger partial charge in [0, 0.05) is 17.3 Å². The lowest BCUT2D eigenvalue weighted by Gasteiger charge is -2.23. The fraction of sp³-hybridized carbons (Fsp3) is 0.529. The Morgan fingerprint density at radius 3 is 2.70 bits per heavy atom. The van der Waals surface area contributed by atoms with Gasteiger partial charge in [0.15, 0.2) is 0 Å². The van der Waals surface area contributed by atoms with Crippen LogP contribution in [-0.2, 0) is 13.0 Å². The first kappa shape index (κ1) is 13.9. The van der Waals surface area contributed by atoms with Gasteiger partial charge >= 0.3 is 0 Å². The van der Waals surface area contributed by atoms with Gasteiger partial charge in [-0.15, -0.1) is 11.3 Å². The first-order valence-corrected chi connectivity index (χ1v) is 8.59. The lowest BCUT2D eigenvalue weighted by atomic mass is 9.96. The van der Waals surface area contributed by atoms with Crippen molar-refractivity contribution in [3.8, 4) is 0 Å². The van der Waals surface area contributed by atoms with Gasteiger partial charge < -0.3 is 9.73 Å². The second kappa shape index (κ2) is 6.59. The number of thiophene rings is 1. The third-order valence-electron chi connectivity index (χ3n) is 4.28. The molecule has 1 fully saturated rings. The average Bonchev–Trinajstić information content (AvgIpc) is 3.22. The van der Waals surface area contributed by atoms with E-state index in [1.54, 1.807) is 0 Å². The Bertz CT molecular complexity index is 511. The van der Waals surface area contributed by atoms with Gasteiger partial charge in [-0.3, -0.25) is 0 Å². The summed E-state index contributed by atoms with van der Waals surface area (Å²) in [5, 5.41) is 5.92. The molecule has 1 atom stereocenters. The third kappa shape index (κ3) is 3.15. The standard InChI is InChI=1S/C17H23NOS/c1-2-14-9-10-15(19-14)12-18-17(13-6-3-4-7-13)16-8-5-11-20-16/h5,8-11,13,17-18H,2-4,6-7,12H2,1H3. The molecule has 1 N–H and O–H groups in total. The largest absolute Gasteiger partial charge is 0.465 e. The summed E-state index contributed by atoms with van der Waals surface area (Å²) in [7, 11) is 0. The SMILES string of the molecule is CCc1ccc(CNC(c2cccs2)C2CCCC2)o1. The van der Waals surface area contributed by atoms with Gasteiger partial charge in [-0.05, 0) is 42.3 Å². The summed E-state index contributed by atoms with van der Waals surface area (Å²) in [6, 6.07) is 9.11. The third-order valence-corrected chi connectivity index (χ3v) is 5.24. The van der Waals surface area contributed by atoms with Gasteiger partial charge in [0.2, 0.25) is 0 Å². The summed E-state index contributed by atoms with van der Waals surface area (Å²) in [5.74, 6) is 2.92. The molecule has 108 valence electrons. The molecule has 2 nitrogen and oxygen atoms in total. The highest BCUT2D eigenvalue weighted by Gasteiger charge is 2.26. The highest BCUT2D eigenvalue weighted by Crippen LogP contribution is 2.37. The Morgan fingerprint density at radius 2 is 2.05 bits per heavy atom. The molecule has 1 aliphatic carbocycles. The van der Waals surface area contributed by atoms with E-state index in [-0.39, 0.29) is 0 Å². The number of nitrogens with one attached hydrogen (secondary N) is 1. The van der Waals surface area contributed by atoms with Crippen molar-refractivity contribution < 1.29 is 4.42 Å². The number of furan rings is 1. The molecule has 1 unspecified atom stereocenters. The smallest absolute Gasteiger partial charge is 0.117 e. The molecule has 0 bridgehead atoms. The molecule has 3 rings (SSSR count). The normalized spacial score (nSPS) is 17.6. The van der Waals surface area contributed by atoms with E-state index < -0.39 is 0 Å². The van der Waals surface area contributed by atoms with Crippen molar-refractivity contribution in [3.63, 3.8) is 0 Å². The molecular weight excluding hydrogens is 266 g/mol. The molecule has 2 aromatic heterocycles. The minimum Gasteiger partial charge on any atom is -0.465 e. The molecule has 2 heterocycles. The molecule has 0 aromatic carbocycles. The van der Waals surface area contributed by atoms with Crippen LogP contribution in [0.2, 0.25) is 0 Å². The Morgan fingerprint density at radius 1 is 1.25 bits per heavy atom. The summed E-state index contributed by atoms with van der Waals surface area (Å²) in [5.41, 5.74) is 0. The monoisotopic (exact) mass is 289 g/mol. The fourth-order valence-corrected chi connectivity index (χ4v) is 4.07. The zero-order valence-electron chi connectivity index (χ0n) is 12.1. The van der Waals surface area contributed by atoms with Gasteiger partial charge in [0.25, 0.3) is 0 Å². The maximum absolute atomic E-state index is 5.80. The van der Waals surface area contributed by atoms with Crippen LogP contribution in [0.3, 0.4) is 0 Å². The molecule has 0 saturated heterocycles. The Labute approximate surface area is 125 Å². The Kier molecular flexibility index (Phi) is 4.58. The number of rotatable bonds is 6. The second-order valence-corrected chi connectivity index (χ2v) is 6.62. The van der Waals surface area contributed by atoms with E-state index in [2.05, 4.69) is 41.9 Å². The second-order valence-electron chi connectivity index (χ2n) is 5.64. The Balaban J connectivity index is 1.66. The molecule has 1 saturated carbocycles. The van der Waals surface area contributed by atoms with Crippen LogP contribution in [0.5, 0.6) is 0 Å². The number of aryl methyl sites for hydroxylation is 1. The lowest BCUT2D eigenvalue weighted by molar-refractivity contribution is 0.350. The van der Waals surface area contributed by atoms with Crippen LogP contribution >= 0.6 is 11.3 Å². The zero-order chi connectivity index (χ0) is 13.8. The van der Waals surface area contributed by atoms with E-state index in [4.69, 9.17) is 4.42 Å². The van der Waals surface area contributed by atoms with Gasteiger partial charge in [-0.25, -0.2) is 0 Å². The van der Waals surface area contributed by atoms with E-state index in [9.17, 15) is 0 Å². The summed E-state index contributed by atoms with van der Waals surface area (Å²) in [6.45, 7) is 2.96. The molecule has 3 heteroatoms. The highest BCUT2D eigenvalue weighted by molar-refractivity contribution is 7.10. The van der Waals surface area contributed by atoms with Crippen LogP contribution in [0.15, 0.2) is 34.1 Å². The van der Waals surface area contributed by atoms with E-state index in [1.807, 2.05) is 11.3 Å². The predicted octanol–water partition coefficient (Wildman–Crippen LogP) is 4.92. The van der Waals surface area contributed by atoms with Crippen LogP contribution in [0.25, 0.3) is 0 Å². The highest BCUT2D eigenvalue weighted by atomic mass is 32.1. The van der Waals surface area contributed by atoms with Gasteiger partial charge in [-0.1, -0.05) is 25.8 Å². The number of hydrogen-bond acceptors (Lipinski definition) is 3. The summed E-state index contributed by atoms with van der Waals surface area (Å²) < 4.78 is 5.80. The van der Waals surface area contributed by atoms with Crippen molar-refractivity contribution in [3.05, 3.63) is 46.0 Å². The van der Waals surface area contributed by atoms with Crippen molar-refractivity contribution >= 4 is 11.3 Å². The maximum atomic E-state index is 5.80. The average molecular weight is 289 g/mol. The summed E-state index contributed by atoms with van der Waals surface area (Å²) in [4.78, 5) is 1.47. The van der Waals surface area contributed by atoms with E-state index in [0.717, 1.165) is 30.4 Å². The summed E-state index contributed by atoms with van der Waals surface area (Å²) >= 11 is 1.87. The molecule has 2 aromatic rings. The minimum absolute atomic E-state index is 0.493. The van der Waals surface area contributed by atoms with Gasteiger partial charge in [0.1, 0.15) is 11.5 Å². The Hall–Kier alpha value is -1.06. The summed E-state index contributed by atoms with van der Waals surface area (Å²) in [6.07, 6.45) is 6.45. The molecular formula is C17H23NOS. The zero-order valence-corrected chi connectivity index (χ0v) is 12.9. The van der Waals surface area contributed by atoms with E-state index in [0.29, 0.717) is 6.04 Å². The van der Waals surface area contributed by atoms with Crippen LogP contribution in [-0.4, -0.2) is 0 Å². The predicted molar refractivity (Wildman–Crippen MR) is 83.9 cm³/mol. The van der Waals surface area contributed by atoms with Crippen LogP contribution in [0.1, 0.15) is 55.0 Å². The van der Waals surface area contributed by atoms with Crippen LogP contribution < -0.4 is 5.32 Å². The lowest BCUT2D eigenvalue weighted by Crippen LogP contribution is -2.25. The van der Waals surface area contributed by atoms with Crippen molar-refractivity contribution in [1.82, 2.24) is 5.32 Å². The molecule has 0 amide bonds.